The molecule has 8 nitrogen and oxygen atoms in total. The van der Waals surface area contributed by atoms with E-state index in [2.05, 4.69) is 30.4 Å². The van der Waals surface area contributed by atoms with Crippen LogP contribution in [-0.2, 0) is 0 Å². The van der Waals surface area contributed by atoms with Gasteiger partial charge in [-0.25, -0.2) is 4.98 Å². The summed E-state index contributed by atoms with van der Waals surface area (Å²) in [5.74, 6) is 0.0264. The number of phenols is 2. The smallest absolute Gasteiger partial charge is 0.231 e. The van der Waals surface area contributed by atoms with Gasteiger partial charge in [0.2, 0.25) is 5.13 Å². The number of thiazole rings is 1. The van der Waals surface area contributed by atoms with Gasteiger partial charge >= 0.3 is 0 Å². The first-order valence-electron chi connectivity index (χ1n) is 10.7. The number of benzene rings is 4. The number of azo groups is 2. The van der Waals surface area contributed by atoms with Crippen LogP contribution in [0, 0.1) is 0 Å². The highest BCUT2D eigenvalue weighted by molar-refractivity contribution is 7.21. The highest BCUT2D eigenvalue weighted by Crippen LogP contribution is 2.35. The summed E-state index contributed by atoms with van der Waals surface area (Å²) in [5, 5.41) is 38.1. The second-order valence-corrected chi connectivity index (χ2v) is 8.91. The fraction of sp³-hybridized carbons (Fsp3) is 0. The Bertz CT molecular complexity index is 1610. The summed E-state index contributed by atoms with van der Waals surface area (Å²) in [7, 11) is 0. The fourth-order valence-electron chi connectivity index (χ4n) is 3.19. The molecule has 1 aromatic heterocycles. The molecular formula is C26H17ClN6O2S. The highest BCUT2D eigenvalue weighted by Gasteiger charge is 2.06. The third kappa shape index (κ3) is 5.43. The summed E-state index contributed by atoms with van der Waals surface area (Å²) in [5.41, 5.74) is 3.06. The van der Waals surface area contributed by atoms with E-state index in [1.807, 2.05) is 24.3 Å². The predicted molar refractivity (Wildman–Crippen MR) is 143 cm³/mol. The number of para-hydroxylation sites is 1. The second-order valence-electron chi connectivity index (χ2n) is 7.49. The average molecular weight is 513 g/mol. The van der Waals surface area contributed by atoms with Gasteiger partial charge in [-0.3, -0.25) is 4.99 Å². The lowest BCUT2D eigenvalue weighted by molar-refractivity contribution is 0.474. The highest BCUT2D eigenvalue weighted by atomic mass is 35.5. The normalized spacial score (nSPS) is 11.9. The van der Waals surface area contributed by atoms with Crippen LogP contribution >= 0.6 is 22.9 Å². The van der Waals surface area contributed by atoms with Crippen molar-refractivity contribution < 1.29 is 10.2 Å². The van der Waals surface area contributed by atoms with E-state index in [4.69, 9.17) is 11.6 Å². The summed E-state index contributed by atoms with van der Waals surface area (Å²) in [6, 6.07) is 24.1. The summed E-state index contributed by atoms with van der Waals surface area (Å²) in [4.78, 5) is 8.84. The number of aromatic nitrogens is 1. The quantitative estimate of drug-likeness (QED) is 0.175. The number of fused-ring (bicyclic) bond motifs is 1. The van der Waals surface area contributed by atoms with Gasteiger partial charge in [0, 0.05) is 17.8 Å². The lowest BCUT2D eigenvalue weighted by atomic mass is 10.2. The monoisotopic (exact) mass is 512 g/mol. The van der Waals surface area contributed by atoms with Crippen molar-refractivity contribution in [2.45, 2.75) is 0 Å². The maximum absolute atomic E-state index is 10.3. The maximum Gasteiger partial charge on any atom is 0.231 e. The lowest BCUT2D eigenvalue weighted by Gasteiger charge is -2.03. The van der Waals surface area contributed by atoms with Crippen molar-refractivity contribution in [3.8, 4) is 11.5 Å². The number of rotatable bonds is 6. The van der Waals surface area contributed by atoms with Gasteiger partial charge in [-0.2, -0.15) is 0 Å². The van der Waals surface area contributed by atoms with Gasteiger partial charge < -0.3 is 10.2 Å². The van der Waals surface area contributed by atoms with Crippen LogP contribution in [0.5, 0.6) is 11.5 Å². The molecule has 0 spiro atoms. The van der Waals surface area contributed by atoms with Crippen molar-refractivity contribution in [2.24, 2.45) is 25.4 Å². The molecular weight excluding hydrogens is 496 g/mol. The van der Waals surface area contributed by atoms with Crippen LogP contribution in [0.3, 0.4) is 0 Å². The minimum atomic E-state index is 0.0112. The minimum absolute atomic E-state index is 0.0112. The zero-order valence-corrected chi connectivity index (χ0v) is 20.1. The van der Waals surface area contributed by atoms with Crippen molar-refractivity contribution in [1.29, 1.82) is 0 Å². The molecule has 2 N–H and O–H groups in total. The van der Waals surface area contributed by atoms with Gasteiger partial charge in [-0.15, -0.1) is 20.5 Å². The molecule has 0 aliphatic carbocycles. The number of halogens is 1. The van der Waals surface area contributed by atoms with E-state index in [0.29, 0.717) is 38.5 Å². The average Bonchev–Trinajstić information content (AvgIpc) is 3.31. The van der Waals surface area contributed by atoms with Crippen molar-refractivity contribution >= 4 is 67.3 Å². The van der Waals surface area contributed by atoms with Crippen LogP contribution in [0.15, 0.2) is 110 Å². The Balaban J connectivity index is 1.40. The molecule has 0 atom stereocenters. The summed E-state index contributed by atoms with van der Waals surface area (Å²) >= 11 is 7.58. The van der Waals surface area contributed by atoms with E-state index in [9.17, 15) is 10.2 Å². The van der Waals surface area contributed by atoms with Gasteiger partial charge in [0.15, 0.2) is 0 Å². The zero-order chi connectivity index (χ0) is 24.9. The first-order chi connectivity index (χ1) is 17.5. The van der Waals surface area contributed by atoms with Crippen LogP contribution < -0.4 is 0 Å². The fourth-order valence-corrected chi connectivity index (χ4v) is 4.15. The molecule has 0 saturated heterocycles. The van der Waals surface area contributed by atoms with Crippen LogP contribution in [-0.4, -0.2) is 21.4 Å². The van der Waals surface area contributed by atoms with Crippen LogP contribution in [0.1, 0.15) is 5.56 Å². The van der Waals surface area contributed by atoms with E-state index in [1.165, 1.54) is 35.8 Å². The molecule has 0 radical (unpaired) electrons. The molecule has 1 heterocycles. The van der Waals surface area contributed by atoms with E-state index >= 15 is 0 Å². The number of aliphatic imine (C=N–C) groups is 1. The molecule has 5 aromatic rings. The van der Waals surface area contributed by atoms with Gasteiger partial charge in [-0.1, -0.05) is 47.2 Å². The molecule has 5 rings (SSSR count). The van der Waals surface area contributed by atoms with Crippen molar-refractivity contribution in [3.05, 3.63) is 95.5 Å². The van der Waals surface area contributed by atoms with Crippen molar-refractivity contribution in [3.63, 3.8) is 0 Å². The number of aromatic hydroxyl groups is 2. The Hall–Kier alpha value is -4.47. The van der Waals surface area contributed by atoms with Gasteiger partial charge in [0.25, 0.3) is 0 Å². The topological polar surface area (TPSA) is 115 Å². The Morgan fingerprint density at radius 1 is 0.750 bits per heavy atom. The van der Waals surface area contributed by atoms with Crippen LogP contribution in [0.4, 0.5) is 27.9 Å². The molecule has 0 bridgehead atoms. The molecule has 0 saturated carbocycles. The van der Waals surface area contributed by atoms with E-state index in [1.54, 1.807) is 42.5 Å². The molecule has 0 amide bonds. The largest absolute Gasteiger partial charge is 0.508 e. The molecule has 176 valence electrons. The zero-order valence-electron chi connectivity index (χ0n) is 18.5. The maximum atomic E-state index is 10.3. The second kappa shape index (κ2) is 10.4. The summed E-state index contributed by atoms with van der Waals surface area (Å²) in [6.07, 6.45) is 1.45. The van der Waals surface area contributed by atoms with Crippen molar-refractivity contribution in [2.75, 3.05) is 0 Å². The Morgan fingerprint density at radius 2 is 1.56 bits per heavy atom. The standard InChI is InChI=1S/C26H17ClN6O2S/c27-19-5-1-2-6-20(19)31-32-21-11-10-18(34)14-23(21)28-15-16-13-17(9-12-24(16)35)30-33-26-29-22-7-3-4-8-25(22)36-26/h1-15,34-35H. The number of phenolic OH excluding ortho intramolecular Hbond substituents is 2. The van der Waals surface area contributed by atoms with E-state index < -0.39 is 0 Å². The predicted octanol–water partition coefficient (Wildman–Crippen LogP) is 8.94. The third-order valence-corrected chi connectivity index (χ3v) is 6.20. The van der Waals surface area contributed by atoms with Crippen LogP contribution in [0.2, 0.25) is 5.02 Å². The molecule has 0 aliphatic heterocycles. The van der Waals surface area contributed by atoms with Gasteiger partial charge in [-0.05, 0) is 54.6 Å². The number of hydrogen-bond acceptors (Lipinski definition) is 9. The number of hydrogen-bond donors (Lipinski definition) is 2. The van der Waals surface area contributed by atoms with Crippen molar-refractivity contribution in [1.82, 2.24) is 4.98 Å². The Kier molecular flexibility index (Phi) is 6.74. The molecule has 36 heavy (non-hydrogen) atoms. The summed E-state index contributed by atoms with van der Waals surface area (Å²) in [6.45, 7) is 0. The van der Waals surface area contributed by atoms with Crippen LogP contribution in [0.25, 0.3) is 10.2 Å². The van der Waals surface area contributed by atoms with Gasteiger partial charge in [0.05, 0.1) is 26.6 Å². The van der Waals surface area contributed by atoms with Gasteiger partial charge in [0.1, 0.15) is 22.9 Å². The first kappa shape index (κ1) is 23.3. The molecule has 0 aliphatic rings. The molecule has 0 fully saturated rings. The molecule has 4 aromatic carbocycles. The Morgan fingerprint density at radius 3 is 2.42 bits per heavy atom. The summed E-state index contributed by atoms with van der Waals surface area (Å²) < 4.78 is 1.03. The molecule has 10 heteroatoms. The lowest BCUT2D eigenvalue weighted by Crippen LogP contribution is -1.82. The third-order valence-electron chi connectivity index (χ3n) is 4.96. The molecule has 0 unspecified atom stereocenters. The first-order valence-corrected chi connectivity index (χ1v) is 11.9. The SMILES string of the molecule is Oc1ccc(N=Nc2ccccc2Cl)c(N=Cc2cc(N=Nc3nc4ccccc4s3)ccc2O)c1. The number of nitrogens with zero attached hydrogens (tertiary/aromatic N) is 6. The van der Waals surface area contributed by atoms with E-state index in [-0.39, 0.29) is 11.5 Å². The Labute approximate surface area is 214 Å². The van der Waals surface area contributed by atoms with E-state index in [0.717, 1.165) is 10.2 Å². The minimum Gasteiger partial charge on any atom is -0.508 e.